The Kier molecular flexibility index (Phi) is 9.69. The van der Waals surface area contributed by atoms with Gasteiger partial charge in [-0.1, -0.05) is 24.6 Å². The Bertz CT molecular complexity index is 575. The Hall–Kier alpha value is -2.08. The summed E-state index contributed by atoms with van der Waals surface area (Å²) in [4.78, 5) is 18.8. The number of nitrogens with one attached hydrogen (secondary N) is 3. The second kappa shape index (κ2) is 12.3. The van der Waals surface area contributed by atoms with Gasteiger partial charge in [0, 0.05) is 44.8 Å². The van der Waals surface area contributed by atoms with Gasteiger partial charge < -0.3 is 20.9 Å². The van der Waals surface area contributed by atoms with Gasteiger partial charge in [-0.2, -0.15) is 0 Å². The van der Waals surface area contributed by atoms with E-state index in [1.54, 1.807) is 7.05 Å². The first kappa shape index (κ1) is 21.2. The summed E-state index contributed by atoms with van der Waals surface area (Å²) < 4.78 is 0. The maximum Gasteiger partial charge on any atom is 0.251 e. The van der Waals surface area contributed by atoms with Crippen molar-refractivity contribution in [3.05, 3.63) is 35.9 Å². The minimum Gasteiger partial charge on any atom is -0.356 e. The number of piperidine rings is 1. The topological polar surface area (TPSA) is 68.8 Å². The zero-order valence-electron chi connectivity index (χ0n) is 16.8. The molecule has 0 spiro atoms. The van der Waals surface area contributed by atoms with Gasteiger partial charge in [-0.25, -0.2) is 0 Å². The molecule has 0 aromatic heterocycles. The molecular formula is C21H35N5O. The van der Waals surface area contributed by atoms with E-state index in [-0.39, 0.29) is 5.91 Å². The van der Waals surface area contributed by atoms with Gasteiger partial charge in [-0.3, -0.25) is 9.79 Å². The normalized spacial score (nSPS) is 18.1. The number of guanidine groups is 1. The Balaban J connectivity index is 1.52. The van der Waals surface area contributed by atoms with Crippen LogP contribution in [0, 0.1) is 0 Å². The predicted molar refractivity (Wildman–Crippen MR) is 112 cm³/mol. The van der Waals surface area contributed by atoms with Crippen LogP contribution in [-0.2, 0) is 0 Å². The highest BCUT2D eigenvalue weighted by molar-refractivity contribution is 5.94. The van der Waals surface area contributed by atoms with Gasteiger partial charge in [0.05, 0.1) is 0 Å². The molecule has 6 heteroatoms. The molecule has 1 aromatic carbocycles. The zero-order chi connectivity index (χ0) is 19.3. The molecule has 6 nitrogen and oxygen atoms in total. The molecule has 3 N–H and O–H groups in total. The zero-order valence-corrected chi connectivity index (χ0v) is 16.8. The lowest BCUT2D eigenvalue weighted by atomic mass is 10.0. The lowest BCUT2D eigenvalue weighted by Crippen LogP contribution is -2.41. The number of nitrogens with zero attached hydrogens (tertiary/aromatic N) is 2. The van der Waals surface area contributed by atoms with Gasteiger partial charge >= 0.3 is 0 Å². The molecule has 1 aliphatic heterocycles. The monoisotopic (exact) mass is 373 g/mol. The van der Waals surface area contributed by atoms with Crippen molar-refractivity contribution in [2.24, 2.45) is 4.99 Å². The van der Waals surface area contributed by atoms with Crippen molar-refractivity contribution in [1.82, 2.24) is 20.9 Å². The number of carbonyl (C=O) groups excluding carboxylic acids is 1. The second-order valence-corrected chi connectivity index (χ2v) is 7.14. The van der Waals surface area contributed by atoms with E-state index in [0.29, 0.717) is 12.1 Å². The summed E-state index contributed by atoms with van der Waals surface area (Å²) in [5.41, 5.74) is 0.700. The lowest BCUT2D eigenvalue weighted by molar-refractivity contribution is 0.0953. The maximum absolute atomic E-state index is 12.0. The fraction of sp³-hybridized carbons (Fsp3) is 0.619. The van der Waals surface area contributed by atoms with E-state index < -0.39 is 0 Å². The summed E-state index contributed by atoms with van der Waals surface area (Å²) >= 11 is 0. The first-order valence-corrected chi connectivity index (χ1v) is 10.2. The van der Waals surface area contributed by atoms with Gasteiger partial charge in [0.25, 0.3) is 5.91 Å². The van der Waals surface area contributed by atoms with E-state index >= 15 is 0 Å². The molecule has 0 bridgehead atoms. The van der Waals surface area contributed by atoms with Crippen molar-refractivity contribution in [2.75, 3.05) is 39.8 Å². The molecule has 1 aliphatic rings. The van der Waals surface area contributed by atoms with Crippen LogP contribution in [0.2, 0.25) is 0 Å². The fourth-order valence-corrected chi connectivity index (χ4v) is 3.39. The number of benzene rings is 1. The lowest BCUT2D eigenvalue weighted by Gasteiger charge is -2.33. The fourth-order valence-electron chi connectivity index (χ4n) is 3.39. The molecule has 2 rings (SSSR count). The highest BCUT2D eigenvalue weighted by Crippen LogP contribution is 2.15. The Morgan fingerprint density at radius 3 is 2.48 bits per heavy atom. The molecular weight excluding hydrogens is 338 g/mol. The van der Waals surface area contributed by atoms with Crippen LogP contribution < -0.4 is 16.0 Å². The number of hydrogen-bond acceptors (Lipinski definition) is 3. The molecule has 150 valence electrons. The van der Waals surface area contributed by atoms with Gasteiger partial charge in [0.1, 0.15) is 0 Å². The summed E-state index contributed by atoms with van der Waals surface area (Å²) in [6.07, 6.45) is 6.01. The number of amides is 1. The SMILES string of the molecule is CN=C(NCCCNC(=O)c1ccccc1)NCCCN1CCCCC1C. The molecule has 1 heterocycles. The molecule has 0 saturated carbocycles. The maximum atomic E-state index is 12.0. The summed E-state index contributed by atoms with van der Waals surface area (Å²) in [5.74, 6) is 0.807. The highest BCUT2D eigenvalue weighted by Gasteiger charge is 2.17. The van der Waals surface area contributed by atoms with E-state index in [1.165, 1.54) is 25.8 Å². The summed E-state index contributed by atoms with van der Waals surface area (Å²) in [6, 6.07) is 10.0. The number of likely N-dealkylation sites (tertiary alicyclic amines) is 1. The number of aliphatic imine (C=N–C) groups is 1. The molecule has 1 atom stereocenters. The van der Waals surface area contributed by atoms with Crippen molar-refractivity contribution in [3.63, 3.8) is 0 Å². The first-order valence-electron chi connectivity index (χ1n) is 10.2. The van der Waals surface area contributed by atoms with Crippen LogP contribution in [0.25, 0.3) is 0 Å². The van der Waals surface area contributed by atoms with Crippen molar-refractivity contribution >= 4 is 11.9 Å². The van der Waals surface area contributed by atoms with E-state index in [1.807, 2.05) is 30.3 Å². The van der Waals surface area contributed by atoms with Gasteiger partial charge in [-0.05, 0) is 51.3 Å². The van der Waals surface area contributed by atoms with Gasteiger partial charge in [0.15, 0.2) is 5.96 Å². The third-order valence-electron chi connectivity index (χ3n) is 5.05. The summed E-state index contributed by atoms with van der Waals surface area (Å²) in [7, 11) is 1.79. The van der Waals surface area contributed by atoms with Crippen molar-refractivity contribution in [1.29, 1.82) is 0 Å². The van der Waals surface area contributed by atoms with E-state index in [9.17, 15) is 4.79 Å². The molecule has 27 heavy (non-hydrogen) atoms. The van der Waals surface area contributed by atoms with E-state index in [2.05, 4.69) is 32.8 Å². The van der Waals surface area contributed by atoms with Crippen LogP contribution in [0.5, 0.6) is 0 Å². The number of rotatable bonds is 9. The average molecular weight is 374 g/mol. The van der Waals surface area contributed by atoms with E-state index in [4.69, 9.17) is 0 Å². The number of carbonyl (C=O) groups is 1. The quantitative estimate of drug-likeness (QED) is 0.353. The van der Waals surface area contributed by atoms with Crippen LogP contribution in [0.1, 0.15) is 49.4 Å². The van der Waals surface area contributed by atoms with Crippen molar-refractivity contribution < 1.29 is 4.79 Å². The highest BCUT2D eigenvalue weighted by atomic mass is 16.1. The molecule has 1 fully saturated rings. The van der Waals surface area contributed by atoms with Crippen LogP contribution in [0.15, 0.2) is 35.3 Å². The molecule has 1 saturated heterocycles. The van der Waals surface area contributed by atoms with Crippen molar-refractivity contribution in [3.8, 4) is 0 Å². The molecule has 1 unspecified atom stereocenters. The summed E-state index contributed by atoms with van der Waals surface area (Å²) in [6.45, 7) is 7.07. The average Bonchev–Trinajstić information content (AvgIpc) is 2.71. The second-order valence-electron chi connectivity index (χ2n) is 7.14. The standard InChI is InChI=1S/C21H35N5O/c1-18-10-6-7-16-26(18)17-9-15-25-21(22-2)24-14-8-13-23-20(27)19-11-4-3-5-12-19/h3-5,11-12,18H,6-10,13-17H2,1-2H3,(H,23,27)(H2,22,24,25). The smallest absolute Gasteiger partial charge is 0.251 e. The molecule has 0 radical (unpaired) electrons. The predicted octanol–water partition coefficient (Wildman–Crippen LogP) is 2.24. The third kappa shape index (κ3) is 7.99. The molecule has 1 aromatic rings. The molecule has 0 aliphatic carbocycles. The van der Waals surface area contributed by atoms with Gasteiger partial charge in [-0.15, -0.1) is 0 Å². The number of hydrogen-bond donors (Lipinski definition) is 3. The first-order chi connectivity index (χ1) is 13.2. The van der Waals surface area contributed by atoms with Crippen LogP contribution >= 0.6 is 0 Å². The minimum absolute atomic E-state index is 0.0231. The van der Waals surface area contributed by atoms with Crippen LogP contribution in [0.3, 0.4) is 0 Å². The van der Waals surface area contributed by atoms with Crippen LogP contribution in [0.4, 0.5) is 0 Å². The van der Waals surface area contributed by atoms with E-state index in [0.717, 1.165) is 44.5 Å². The minimum atomic E-state index is -0.0231. The van der Waals surface area contributed by atoms with Crippen molar-refractivity contribution in [2.45, 2.75) is 45.1 Å². The largest absolute Gasteiger partial charge is 0.356 e. The Morgan fingerprint density at radius 1 is 1.07 bits per heavy atom. The third-order valence-corrected chi connectivity index (χ3v) is 5.05. The Morgan fingerprint density at radius 2 is 1.78 bits per heavy atom. The molecule has 1 amide bonds. The van der Waals surface area contributed by atoms with Gasteiger partial charge in [0.2, 0.25) is 0 Å². The van der Waals surface area contributed by atoms with Crippen LogP contribution in [-0.4, -0.2) is 62.6 Å². The Labute approximate surface area is 163 Å². The summed E-state index contributed by atoms with van der Waals surface area (Å²) in [5, 5.41) is 9.62.